The third-order valence-corrected chi connectivity index (χ3v) is 4.65. The first-order valence-electron chi connectivity index (χ1n) is 9.44. The number of amides is 1. The van der Waals surface area contributed by atoms with Crippen LogP contribution in [0.1, 0.15) is 28.0 Å². The topological polar surface area (TPSA) is 80.2 Å². The number of ether oxygens (including phenoxy) is 1. The summed E-state index contributed by atoms with van der Waals surface area (Å²) in [4.78, 5) is 26.9. The summed E-state index contributed by atoms with van der Waals surface area (Å²) < 4.78 is 44.9. The molecule has 1 aliphatic rings. The molecule has 0 spiro atoms. The molecule has 1 aromatic carbocycles. The van der Waals surface area contributed by atoms with Crippen LogP contribution in [-0.2, 0) is 0 Å². The molecule has 0 aliphatic carbocycles. The summed E-state index contributed by atoms with van der Waals surface area (Å²) in [7, 11) is 0. The molecule has 0 bridgehead atoms. The highest BCUT2D eigenvalue weighted by Crippen LogP contribution is 2.28. The van der Waals surface area contributed by atoms with Crippen LogP contribution in [0, 0.1) is 12.7 Å². The minimum atomic E-state index is -2.79. The van der Waals surface area contributed by atoms with Crippen molar-refractivity contribution in [1.82, 2.24) is 15.0 Å². The molecule has 0 radical (unpaired) electrons. The third kappa shape index (κ3) is 4.73. The highest BCUT2D eigenvalue weighted by atomic mass is 19.3. The smallest absolute Gasteiger partial charge is 0.279 e. The van der Waals surface area contributed by atoms with Crippen molar-refractivity contribution in [2.24, 2.45) is 0 Å². The van der Waals surface area contributed by atoms with Crippen molar-refractivity contribution in [3.05, 3.63) is 71.6 Å². The van der Waals surface area contributed by atoms with Crippen LogP contribution in [0.3, 0.4) is 0 Å². The minimum absolute atomic E-state index is 0.0302. The van der Waals surface area contributed by atoms with Crippen LogP contribution in [-0.4, -0.2) is 40.1 Å². The van der Waals surface area contributed by atoms with Gasteiger partial charge < -0.3 is 15.0 Å². The van der Waals surface area contributed by atoms with E-state index in [1.165, 1.54) is 12.4 Å². The number of hydrogen-bond acceptors (Lipinski definition) is 6. The van der Waals surface area contributed by atoms with E-state index >= 15 is 0 Å². The van der Waals surface area contributed by atoms with Gasteiger partial charge in [0.2, 0.25) is 0 Å². The number of anilines is 2. The Hall–Kier alpha value is -3.69. The van der Waals surface area contributed by atoms with Crippen molar-refractivity contribution < 1.29 is 22.7 Å². The average Bonchev–Trinajstić information content (AvgIpc) is 2.70. The van der Waals surface area contributed by atoms with E-state index in [0.29, 0.717) is 24.7 Å². The van der Waals surface area contributed by atoms with Crippen LogP contribution in [0.25, 0.3) is 0 Å². The van der Waals surface area contributed by atoms with Crippen LogP contribution < -0.4 is 15.0 Å². The van der Waals surface area contributed by atoms with Gasteiger partial charge in [-0.05, 0) is 36.8 Å². The number of aromatic nitrogens is 3. The van der Waals surface area contributed by atoms with Gasteiger partial charge in [-0.3, -0.25) is 4.79 Å². The summed E-state index contributed by atoms with van der Waals surface area (Å²) in [5, 5.41) is 2.69. The number of carbonyl (C=O) groups is 1. The first kappa shape index (κ1) is 20.6. The number of nitrogens with zero attached hydrogens (tertiary/aromatic N) is 4. The summed E-state index contributed by atoms with van der Waals surface area (Å²) in [5.41, 5.74) is 0.624. The lowest BCUT2D eigenvalue weighted by atomic mass is 10.1. The van der Waals surface area contributed by atoms with Crippen LogP contribution >= 0.6 is 0 Å². The first-order chi connectivity index (χ1) is 14.9. The molecule has 31 heavy (non-hydrogen) atoms. The van der Waals surface area contributed by atoms with Crippen LogP contribution in [0.15, 0.2) is 48.9 Å². The van der Waals surface area contributed by atoms with Gasteiger partial charge in [0.15, 0.2) is 11.5 Å². The molecule has 0 saturated carbocycles. The summed E-state index contributed by atoms with van der Waals surface area (Å²) in [5.74, 6) is -0.464. The van der Waals surface area contributed by atoms with Gasteiger partial charge in [-0.2, -0.15) is 0 Å². The number of rotatable bonds is 6. The molecule has 1 saturated heterocycles. The van der Waals surface area contributed by atoms with Gasteiger partial charge in [-0.1, -0.05) is 0 Å². The lowest BCUT2D eigenvalue weighted by Gasteiger charge is -2.40. The van der Waals surface area contributed by atoms with E-state index in [4.69, 9.17) is 4.74 Å². The lowest BCUT2D eigenvalue weighted by molar-refractivity contribution is 0.102. The predicted octanol–water partition coefficient (Wildman–Crippen LogP) is 3.78. The van der Waals surface area contributed by atoms with Gasteiger partial charge in [0, 0.05) is 30.2 Å². The Labute approximate surface area is 175 Å². The highest BCUT2D eigenvalue weighted by Gasteiger charge is 2.33. The van der Waals surface area contributed by atoms with E-state index in [9.17, 15) is 18.0 Å². The first-order valence-corrected chi connectivity index (χ1v) is 9.44. The normalized spacial score (nSPS) is 13.8. The Morgan fingerprint density at radius 2 is 1.90 bits per heavy atom. The van der Waals surface area contributed by atoms with E-state index in [0.717, 1.165) is 23.8 Å². The number of aryl methyl sites for hydroxylation is 1. The molecule has 0 unspecified atom stereocenters. The van der Waals surface area contributed by atoms with Crippen molar-refractivity contribution in [2.45, 2.75) is 19.5 Å². The monoisotopic (exact) mass is 429 g/mol. The maximum Gasteiger partial charge on any atom is 0.279 e. The van der Waals surface area contributed by atoms with Crippen LogP contribution in [0.5, 0.6) is 5.75 Å². The molecule has 3 aromatic rings. The Bertz CT molecular complexity index is 1110. The molecule has 10 heteroatoms. The molecule has 3 heterocycles. The second kappa shape index (κ2) is 8.58. The minimum Gasteiger partial charge on any atom is -0.487 e. The molecular formula is C21H18F3N5O2. The van der Waals surface area contributed by atoms with Crippen LogP contribution in [0.4, 0.5) is 24.8 Å². The van der Waals surface area contributed by atoms with E-state index in [-0.39, 0.29) is 17.5 Å². The molecule has 4 rings (SSSR count). The fraction of sp³-hybridized carbons (Fsp3) is 0.238. The van der Waals surface area contributed by atoms with E-state index in [1.54, 1.807) is 17.2 Å². The largest absolute Gasteiger partial charge is 0.487 e. The van der Waals surface area contributed by atoms with Gasteiger partial charge in [0.1, 0.15) is 23.5 Å². The molecule has 0 atom stereocenters. The quantitative estimate of drug-likeness (QED) is 0.643. The van der Waals surface area contributed by atoms with Crippen molar-refractivity contribution in [1.29, 1.82) is 0 Å². The maximum absolute atomic E-state index is 13.6. The van der Waals surface area contributed by atoms with E-state index < -0.39 is 23.7 Å². The van der Waals surface area contributed by atoms with Crippen molar-refractivity contribution in [3.63, 3.8) is 0 Å². The van der Waals surface area contributed by atoms with Crippen LogP contribution in [0.2, 0.25) is 0 Å². The summed E-state index contributed by atoms with van der Waals surface area (Å²) in [6, 6.07) is 6.50. The number of pyridine rings is 1. The Balaban J connectivity index is 1.43. The number of halogens is 3. The fourth-order valence-electron chi connectivity index (χ4n) is 3.16. The summed E-state index contributed by atoms with van der Waals surface area (Å²) in [6.45, 7) is 2.55. The fourth-order valence-corrected chi connectivity index (χ4v) is 3.16. The molecule has 1 amide bonds. The van der Waals surface area contributed by atoms with Gasteiger partial charge in [-0.15, -0.1) is 0 Å². The van der Waals surface area contributed by atoms with Crippen molar-refractivity contribution in [2.75, 3.05) is 23.3 Å². The van der Waals surface area contributed by atoms with E-state index in [1.807, 2.05) is 13.0 Å². The Morgan fingerprint density at radius 3 is 2.65 bits per heavy atom. The summed E-state index contributed by atoms with van der Waals surface area (Å²) in [6.07, 6.45) is 1.30. The van der Waals surface area contributed by atoms with Gasteiger partial charge in [-0.25, -0.2) is 28.1 Å². The molecule has 2 aromatic heterocycles. The predicted molar refractivity (Wildman–Crippen MR) is 107 cm³/mol. The molecule has 160 valence electrons. The number of hydrogen-bond donors (Lipinski definition) is 1. The third-order valence-electron chi connectivity index (χ3n) is 4.65. The maximum atomic E-state index is 13.6. The molecule has 7 nitrogen and oxygen atoms in total. The standard InChI is InChI=1S/C21H18F3N5O2/c1-12-2-3-25-17(6-12)28-21(30)18-20(27-5-4-26-18)29-10-16(11-29)31-15-8-13(19(23)24)7-14(22)9-15/h2-9,16,19H,10-11H2,1H3,(H,25,28,30). The van der Waals surface area contributed by atoms with Crippen molar-refractivity contribution >= 4 is 17.5 Å². The van der Waals surface area contributed by atoms with Gasteiger partial charge in [0.05, 0.1) is 13.1 Å². The van der Waals surface area contributed by atoms with Gasteiger partial charge >= 0.3 is 0 Å². The number of benzene rings is 1. The molecule has 1 fully saturated rings. The summed E-state index contributed by atoms with van der Waals surface area (Å²) >= 11 is 0. The SMILES string of the molecule is Cc1ccnc(NC(=O)c2nccnc2N2CC(Oc3cc(F)cc(C(F)F)c3)C2)c1. The van der Waals surface area contributed by atoms with Gasteiger partial charge in [0.25, 0.3) is 12.3 Å². The Morgan fingerprint density at radius 1 is 1.13 bits per heavy atom. The number of alkyl halides is 2. The highest BCUT2D eigenvalue weighted by molar-refractivity contribution is 6.05. The molecule has 1 N–H and O–H groups in total. The second-order valence-corrected chi connectivity index (χ2v) is 7.07. The zero-order chi connectivity index (χ0) is 22.0. The zero-order valence-electron chi connectivity index (χ0n) is 16.4. The van der Waals surface area contributed by atoms with Crippen molar-refractivity contribution in [3.8, 4) is 5.75 Å². The zero-order valence-corrected chi connectivity index (χ0v) is 16.4. The average molecular weight is 429 g/mol. The molecule has 1 aliphatic heterocycles. The number of nitrogens with one attached hydrogen (secondary N) is 1. The lowest BCUT2D eigenvalue weighted by Crippen LogP contribution is -2.54. The second-order valence-electron chi connectivity index (χ2n) is 7.07. The number of carbonyl (C=O) groups excluding carboxylic acids is 1. The Kier molecular flexibility index (Phi) is 5.70. The van der Waals surface area contributed by atoms with E-state index in [2.05, 4.69) is 20.3 Å². The molecular weight excluding hydrogens is 411 g/mol.